The molecule has 0 radical (unpaired) electrons. The van der Waals surface area contributed by atoms with Crippen LogP contribution in [0.2, 0.25) is 0 Å². The molecule has 2 N–H and O–H groups in total. The zero-order valence-electron chi connectivity index (χ0n) is 12.9. The highest BCUT2D eigenvalue weighted by Gasteiger charge is 2.37. The SMILES string of the molecule is CCOC(=O)C(N)(CCN(C)C(C)C)c1ccccc1. The molecule has 1 aromatic rings. The summed E-state index contributed by atoms with van der Waals surface area (Å²) in [5.41, 5.74) is 6.11. The van der Waals surface area contributed by atoms with E-state index < -0.39 is 5.54 Å². The highest BCUT2D eigenvalue weighted by molar-refractivity contribution is 5.82. The van der Waals surface area contributed by atoms with Gasteiger partial charge in [-0.3, -0.25) is 0 Å². The summed E-state index contributed by atoms with van der Waals surface area (Å²) in [6.07, 6.45) is 0.532. The van der Waals surface area contributed by atoms with Gasteiger partial charge >= 0.3 is 5.97 Å². The predicted molar refractivity (Wildman–Crippen MR) is 81.3 cm³/mol. The normalized spacial score (nSPS) is 14.3. The molecule has 0 aromatic heterocycles. The molecule has 0 saturated heterocycles. The number of carbonyl (C=O) groups is 1. The van der Waals surface area contributed by atoms with Gasteiger partial charge in [-0.05, 0) is 39.8 Å². The maximum absolute atomic E-state index is 12.3. The summed E-state index contributed by atoms with van der Waals surface area (Å²) in [7, 11) is 2.03. The number of benzene rings is 1. The summed E-state index contributed by atoms with van der Waals surface area (Å²) in [5, 5.41) is 0. The smallest absolute Gasteiger partial charge is 0.330 e. The predicted octanol–water partition coefficient (Wildman–Crippen LogP) is 2.13. The first-order valence-electron chi connectivity index (χ1n) is 7.13. The molecule has 0 heterocycles. The number of nitrogens with zero attached hydrogens (tertiary/aromatic N) is 1. The number of carbonyl (C=O) groups excluding carboxylic acids is 1. The molecule has 112 valence electrons. The van der Waals surface area contributed by atoms with Crippen molar-refractivity contribution in [3.05, 3.63) is 35.9 Å². The molecule has 4 heteroatoms. The van der Waals surface area contributed by atoms with Gasteiger partial charge in [-0.2, -0.15) is 0 Å². The van der Waals surface area contributed by atoms with Crippen LogP contribution in [0.15, 0.2) is 30.3 Å². The van der Waals surface area contributed by atoms with Crippen LogP contribution in [0.4, 0.5) is 0 Å². The second kappa shape index (κ2) is 7.41. The van der Waals surface area contributed by atoms with E-state index in [-0.39, 0.29) is 5.97 Å². The van der Waals surface area contributed by atoms with E-state index in [0.29, 0.717) is 19.1 Å². The number of hydrogen-bond donors (Lipinski definition) is 1. The summed E-state index contributed by atoms with van der Waals surface area (Å²) in [4.78, 5) is 14.5. The molecular formula is C16H26N2O2. The summed E-state index contributed by atoms with van der Waals surface area (Å²) < 4.78 is 5.17. The maximum atomic E-state index is 12.3. The van der Waals surface area contributed by atoms with Crippen molar-refractivity contribution in [2.24, 2.45) is 5.73 Å². The van der Waals surface area contributed by atoms with Crippen LogP contribution in [-0.4, -0.2) is 37.1 Å². The lowest BCUT2D eigenvalue weighted by atomic mass is 9.87. The second-order valence-electron chi connectivity index (χ2n) is 5.38. The van der Waals surface area contributed by atoms with E-state index in [1.165, 1.54) is 0 Å². The zero-order valence-corrected chi connectivity index (χ0v) is 12.9. The fourth-order valence-corrected chi connectivity index (χ4v) is 1.97. The van der Waals surface area contributed by atoms with Crippen LogP contribution >= 0.6 is 0 Å². The van der Waals surface area contributed by atoms with E-state index in [4.69, 9.17) is 10.5 Å². The standard InChI is InChI=1S/C16H26N2O2/c1-5-20-15(19)16(17,11-12-18(4)13(2)3)14-9-7-6-8-10-14/h6-10,13H,5,11-12,17H2,1-4H3. The number of esters is 1. The van der Waals surface area contributed by atoms with Crippen LogP contribution in [-0.2, 0) is 15.1 Å². The highest BCUT2D eigenvalue weighted by atomic mass is 16.5. The van der Waals surface area contributed by atoms with Gasteiger partial charge in [-0.25, -0.2) is 4.79 Å². The third-order valence-electron chi connectivity index (χ3n) is 3.67. The first-order valence-corrected chi connectivity index (χ1v) is 7.13. The van der Waals surface area contributed by atoms with Gasteiger partial charge in [0.15, 0.2) is 0 Å². The molecule has 0 aliphatic carbocycles. The van der Waals surface area contributed by atoms with Crippen molar-refractivity contribution in [2.45, 2.75) is 38.8 Å². The molecule has 0 saturated carbocycles. The first-order chi connectivity index (χ1) is 9.41. The first kappa shape index (κ1) is 16.7. The number of rotatable bonds is 7. The number of hydrogen-bond acceptors (Lipinski definition) is 4. The van der Waals surface area contributed by atoms with E-state index in [1.54, 1.807) is 6.92 Å². The molecule has 0 spiro atoms. The van der Waals surface area contributed by atoms with Crippen LogP contribution < -0.4 is 5.73 Å². The molecule has 0 aliphatic rings. The Morgan fingerprint density at radius 2 is 1.95 bits per heavy atom. The molecule has 1 aromatic carbocycles. The maximum Gasteiger partial charge on any atom is 0.330 e. The van der Waals surface area contributed by atoms with E-state index >= 15 is 0 Å². The van der Waals surface area contributed by atoms with Gasteiger partial charge in [0.25, 0.3) is 0 Å². The van der Waals surface area contributed by atoms with Crippen molar-refractivity contribution in [1.82, 2.24) is 4.90 Å². The minimum atomic E-state index is -1.08. The Balaban J connectivity index is 2.93. The fourth-order valence-electron chi connectivity index (χ4n) is 1.97. The largest absolute Gasteiger partial charge is 0.464 e. The molecule has 1 atom stereocenters. The van der Waals surface area contributed by atoms with Crippen molar-refractivity contribution in [2.75, 3.05) is 20.2 Å². The lowest BCUT2D eigenvalue weighted by Crippen LogP contribution is -2.48. The minimum absolute atomic E-state index is 0.338. The topological polar surface area (TPSA) is 55.6 Å². The molecule has 0 bridgehead atoms. The Morgan fingerprint density at radius 1 is 1.35 bits per heavy atom. The van der Waals surface area contributed by atoms with E-state index in [9.17, 15) is 4.79 Å². The van der Waals surface area contributed by atoms with Gasteiger partial charge in [0, 0.05) is 12.6 Å². The van der Waals surface area contributed by atoms with Gasteiger partial charge in [-0.1, -0.05) is 30.3 Å². The third kappa shape index (κ3) is 4.05. The Labute approximate surface area is 121 Å². The molecule has 4 nitrogen and oxygen atoms in total. The molecule has 1 rings (SSSR count). The Morgan fingerprint density at radius 3 is 2.45 bits per heavy atom. The van der Waals surface area contributed by atoms with E-state index in [2.05, 4.69) is 18.7 Å². The Hall–Kier alpha value is -1.39. The van der Waals surface area contributed by atoms with Gasteiger partial charge in [0.05, 0.1) is 6.61 Å². The van der Waals surface area contributed by atoms with Crippen molar-refractivity contribution in [3.8, 4) is 0 Å². The van der Waals surface area contributed by atoms with Crippen LogP contribution in [0.1, 0.15) is 32.8 Å². The van der Waals surface area contributed by atoms with Gasteiger partial charge in [-0.15, -0.1) is 0 Å². The van der Waals surface area contributed by atoms with E-state index in [0.717, 1.165) is 12.1 Å². The minimum Gasteiger partial charge on any atom is -0.464 e. The molecular weight excluding hydrogens is 252 g/mol. The quantitative estimate of drug-likeness (QED) is 0.776. The van der Waals surface area contributed by atoms with Crippen LogP contribution in [0.25, 0.3) is 0 Å². The lowest BCUT2D eigenvalue weighted by Gasteiger charge is -2.31. The monoisotopic (exact) mass is 278 g/mol. The highest BCUT2D eigenvalue weighted by Crippen LogP contribution is 2.24. The number of nitrogens with two attached hydrogens (primary N) is 1. The third-order valence-corrected chi connectivity index (χ3v) is 3.67. The summed E-state index contributed by atoms with van der Waals surface area (Å²) in [6.45, 7) is 7.10. The van der Waals surface area contributed by atoms with Gasteiger partial charge in [0.2, 0.25) is 0 Å². The average Bonchev–Trinajstić information content (AvgIpc) is 2.45. The second-order valence-corrected chi connectivity index (χ2v) is 5.38. The molecule has 20 heavy (non-hydrogen) atoms. The number of ether oxygens (including phenoxy) is 1. The molecule has 0 amide bonds. The van der Waals surface area contributed by atoms with Crippen molar-refractivity contribution in [1.29, 1.82) is 0 Å². The fraction of sp³-hybridized carbons (Fsp3) is 0.562. The van der Waals surface area contributed by atoms with Crippen molar-refractivity contribution in [3.63, 3.8) is 0 Å². The Bertz CT molecular complexity index is 420. The van der Waals surface area contributed by atoms with Crippen molar-refractivity contribution < 1.29 is 9.53 Å². The summed E-state index contributed by atoms with van der Waals surface area (Å²) >= 11 is 0. The molecule has 1 unspecified atom stereocenters. The van der Waals surface area contributed by atoms with Gasteiger partial charge < -0.3 is 15.4 Å². The molecule has 0 aliphatic heterocycles. The summed E-state index contributed by atoms with van der Waals surface area (Å²) in [5.74, 6) is -0.358. The zero-order chi connectivity index (χ0) is 15.2. The molecule has 0 fully saturated rings. The van der Waals surface area contributed by atoms with Crippen molar-refractivity contribution >= 4 is 5.97 Å². The summed E-state index contributed by atoms with van der Waals surface area (Å²) in [6, 6.07) is 9.87. The van der Waals surface area contributed by atoms with Crippen LogP contribution in [0, 0.1) is 0 Å². The van der Waals surface area contributed by atoms with Crippen LogP contribution in [0.3, 0.4) is 0 Å². The van der Waals surface area contributed by atoms with Crippen LogP contribution in [0.5, 0.6) is 0 Å². The lowest BCUT2D eigenvalue weighted by molar-refractivity contribution is -0.150. The van der Waals surface area contributed by atoms with E-state index in [1.807, 2.05) is 37.4 Å². The van der Waals surface area contributed by atoms with Gasteiger partial charge in [0.1, 0.15) is 5.54 Å². The average molecular weight is 278 g/mol. The Kier molecular flexibility index (Phi) is 6.17.